The summed E-state index contributed by atoms with van der Waals surface area (Å²) in [6.07, 6.45) is 7.57. The molecule has 0 fully saturated rings. The first-order valence-corrected chi connectivity index (χ1v) is 8.56. The number of benzene rings is 1. The normalized spacial score (nSPS) is 12.2. The molecule has 7 heteroatoms. The summed E-state index contributed by atoms with van der Waals surface area (Å²) in [5.74, 6) is -0.762. The molecule has 0 aliphatic rings. The predicted molar refractivity (Wildman–Crippen MR) is 93.5 cm³/mol. The molecule has 24 heavy (non-hydrogen) atoms. The van der Waals surface area contributed by atoms with Crippen LogP contribution in [0.1, 0.15) is 37.4 Å². The van der Waals surface area contributed by atoms with Gasteiger partial charge in [-0.15, -0.1) is 0 Å². The number of carboxylic acids is 1. The van der Waals surface area contributed by atoms with Crippen LogP contribution in [0.3, 0.4) is 0 Å². The molecule has 2 aromatic rings. The third-order valence-electron chi connectivity index (χ3n) is 3.60. The number of hydrogen-bond donors (Lipinski definition) is 1. The van der Waals surface area contributed by atoms with Crippen LogP contribution in [0.15, 0.2) is 36.9 Å². The number of nitrogens with zero attached hydrogens (tertiary/aromatic N) is 2. The summed E-state index contributed by atoms with van der Waals surface area (Å²) in [4.78, 5) is 14.5. The van der Waals surface area contributed by atoms with Crippen molar-refractivity contribution in [1.82, 2.24) is 9.55 Å². The zero-order valence-corrected chi connectivity index (χ0v) is 14.7. The van der Waals surface area contributed by atoms with E-state index >= 15 is 0 Å². The van der Waals surface area contributed by atoms with Gasteiger partial charge in [0, 0.05) is 41.0 Å². The van der Waals surface area contributed by atoms with E-state index in [0.717, 1.165) is 18.4 Å². The molecule has 1 aromatic heterocycles. The SMILES string of the molecule is O=C(O)CCCCCOC(Cn1ccnc1)c1ccc(Cl)cc1Cl. The van der Waals surface area contributed by atoms with Crippen LogP contribution >= 0.6 is 23.2 Å². The Hall–Kier alpha value is -1.56. The molecule has 0 saturated carbocycles. The van der Waals surface area contributed by atoms with E-state index in [4.69, 9.17) is 33.0 Å². The minimum absolute atomic E-state index is 0.196. The smallest absolute Gasteiger partial charge is 0.303 e. The first-order valence-electron chi connectivity index (χ1n) is 7.80. The highest BCUT2D eigenvalue weighted by atomic mass is 35.5. The average Bonchev–Trinajstić information content (AvgIpc) is 3.02. The molecule has 1 aromatic carbocycles. The lowest BCUT2D eigenvalue weighted by Gasteiger charge is -2.20. The summed E-state index contributed by atoms with van der Waals surface area (Å²) in [6.45, 7) is 1.13. The number of aliphatic carboxylic acids is 1. The quantitative estimate of drug-likeness (QED) is 0.621. The van der Waals surface area contributed by atoms with Crippen LogP contribution in [0.2, 0.25) is 10.0 Å². The Balaban J connectivity index is 1.94. The molecular weight excluding hydrogens is 351 g/mol. The maximum Gasteiger partial charge on any atom is 0.303 e. The van der Waals surface area contributed by atoms with E-state index in [2.05, 4.69) is 4.98 Å². The number of unbranched alkanes of at least 4 members (excludes halogenated alkanes) is 2. The molecule has 130 valence electrons. The Bertz CT molecular complexity index is 647. The van der Waals surface area contributed by atoms with Crippen LogP contribution in [0.4, 0.5) is 0 Å². The number of carbonyl (C=O) groups is 1. The third kappa shape index (κ3) is 6.15. The van der Waals surface area contributed by atoms with Crippen molar-refractivity contribution in [3.8, 4) is 0 Å². The number of aromatic nitrogens is 2. The molecule has 0 saturated heterocycles. The summed E-state index contributed by atoms with van der Waals surface area (Å²) in [5, 5.41) is 9.79. The van der Waals surface area contributed by atoms with Gasteiger partial charge in [-0.3, -0.25) is 4.79 Å². The summed E-state index contributed by atoms with van der Waals surface area (Å²) < 4.78 is 7.94. The van der Waals surface area contributed by atoms with Crippen molar-refractivity contribution in [2.45, 2.75) is 38.3 Å². The van der Waals surface area contributed by atoms with E-state index in [-0.39, 0.29) is 12.5 Å². The summed E-state index contributed by atoms with van der Waals surface area (Å²) >= 11 is 12.3. The Kier molecular flexibility index (Phi) is 7.56. The average molecular weight is 371 g/mol. The van der Waals surface area contributed by atoms with Gasteiger partial charge in [-0.1, -0.05) is 35.7 Å². The van der Waals surface area contributed by atoms with E-state index < -0.39 is 5.97 Å². The second-order valence-corrected chi connectivity index (χ2v) is 6.33. The second kappa shape index (κ2) is 9.67. The van der Waals surface area contributed by atoms with Gasteiger partial charge in [0.15, 0.2) is 0 Å². The van der Waals surface area contributed by atoms with Gasteiger partial charge in [-0.25, -0.2) is 4.98 Å². The minimum atomic E-state index is -0.762. The zero-order valence-electron chi connectivity index (χ0n) is 13.2. The van der Waals surface area contributed by atoms with Gasteiger partial charge in [0.25, 0.3) is 0 Å². The highest BCUT2D eigenvalue weighted by Gasteiger charge is 2.16. The first kappa shape index (κ1) is 18.8. The van der Waals surface area contributed by atoms with Gasteiger partial charge in [0.2, 0.25) is 0 Å². The highest BCUT2D eigenvalue weighted by Crippen LogP contribution is 2.29. The number of carboxylic acid groups (broad SMARTS) is 1. The number of hydrogen-bond acceptors (Lipinski definition) is 3. The fourth-order valence-electron chi connectivity index (χ4n) is 2.37. The summed E-state index contributed by atoms with van der Waals surface area (Å²) in [5.41, 5.74) is 0.875. The van der Waals surface area contributed by atoms with Crippen molar-refractivity contribution in [3.05, 3.63) is 52.5 Å². The van der Waals surface area contributed by atoms with Gasteiger partial charge in [-0.2, -0.15) is 0 Å². The number of imidazole rings is 1. The van der Waals surface area contributed by atoms with Crippen molar-refractivity contribution in [3.63, 3.8) is 0 Å². The van der Waals surface area contributed by atoms with E-state index in [1.165, 1.54) is 0 Å². The zero-order chi connectivity index (χ0) is 17.4. The lowest BCUT2D eigenvalue weighted by molar-refractivity contribution is -0.137. The molecule has 0 bridgehead atoms. The first-order chi connectivity index (χ1) is 11.6. The topological polar surface area (TPSA) is 64.3 Å². The van der Waals surface area contributed by atoms with Crippen LogP contribution in [-0.4, -0.2) is 27.2 Å². The third-order valence-corrected chi connectivity index (χ3v) is 4.16. The van der Waals surface area contributed by atoms with Gasteiger partial charge in [-0.05, 0) is 25.0 Å². The van der Waals surface area contributed by atoms with E-state index in [1.54, 1.807) is 24.7 Å². The molecule has 0 amide bonds. The molecule has 0 spiro atoms. The maximum atomic E-state index is 10.5. The van der Waals surface area contributed by atoms with Crippen LogP contribution in [-0.2, 0) is 16.1 Å². The summed E-state index contributed by atoms with van der Waals surface area (Å²) in [6, 6.07) is 5.37. The highest BCUT2D eigenvalue weighted by molar-refractivity contribution is 6.35. The molecule has 1 unspecified atom stereocenters. The van der Waals surface area contributed by atoms with Crippen LogP contribution in [0, 0.1) is 0 Å². The van der Waals surface area contributed by atoms with Crippen molar-refractivity contribution in [1.29, 1.82) is 0 Å². The Labute approximate surface area is 151 Å². The lowest BCUT2D eigenvalue weighted by Crippen LogP contribution is -2.13. The van der Waals surface area contributed by atoms with Gasteiger partial charge < -0.3 is 14.4 Å². The van der Waals surface area contributed by atoms with Crippen molar-refractivity contribution in [2.24, 2.45) is 0 Å². The molecule has 2 rings (SSSR count). The van der Waals surface area contributed by atoms with Crippen molar-refractivity contribution in [2.75, 3.05) is 6.61 Å². The molecule has 5 nitrogen and oxygen atoms in total. The van der Waals surface area contributed by atoms with Gasteiger partial charge in [0.1, 0.15) is 6.10 Å². The number of ether oxygens (including phenoxy) is 1. The molecule has 1 heterocycles. The molecule has 1 N–H and O–H groups in total. The van der Waals surface area contributed by atoms with E-state index in [1.807, 2.05) is 16.8 Å². The Morgan fingerprint density at radius 2 is 2.12 bits per heavy atom. The molecule has 0 aliphatic carbocycles. The fourth-order valence-corrected chi connectivity index (χ4v) is 2.90. The molecular formula is C17H20Cl2N2O3. The van der Waals surface area contributed by atoms with Crippen molar-refractivity contribution >= 4 is 29.2 Å². The molecule has 0 radical (unpaired) electrons. The van der Waals surface area contributed by atoms with Gasteiger partial charge >= 0.3 is 5.97 Å². The molecule has 1 atom stereocenters. The number of rotatable bonds is 10. The Morgan fingerprint density at radius 3 is 2.79 bits per heavy atom. The van der Waals surface area contributed by atoms with Gasteiger partial charge in [0.05, 0.1) is 12.9 Å². The Morgan fingerprint density at radius 1 is 1.29 bits per heavy atom. The maximum absolute atomic E-state index is 10.5. The fraction of sp³-hybridized carbons (Fsp3) is 0.412. The number of halogens is 2. The van der Waals surface area contributed by atoms with E-state index in [0.29, 0.717) is 29.6 Å². The predicted octanol–water partition coefficient (Wildman–Crippen LogP) is 4.59. The van der Waals surface area contributed by atoms with Crippen LogP contribution in [0.25, 0.3) is 0 Å². The summed E-state index contributed by atoms with van der Waals surface area (Å²) in [7, 11) is 0. The second-order valence-electron chi connectivity index (χ2n) is 5.49. The lowest BCUT2D eigenvalue weighted by atomic mass is 10.1. The monoisotopic (exact) mass is 370 g/mol. The standard InChI is InChI=1S/C17H20Cl2N2O3/c18-13-5-6-14(15(19)10-13)16(11-21-8-7-20-12-21)24-9-3-1-2-4-17(22)23/h5-8,10,12,16H,1-4,9,11H2,(H,22,23). The van der Waals surface area contributed by atoms with Crippen LogP contribution < -0.4 is 0 Å². The molecule has 0 aliphatic heterocycles. The van der Waals surface area contributed by atoms with Crippen LogP contribution in [0.5, 0.6) is 0 Å². The minimum Gasteiger partial charge on any atom is -0.481 e. The van der Waals surface area contributed by atoms with Crippen molar-refractivity contribution < 1.29 is 14.6 Å². The largest absolute Gasteiger partial charge is 0.481 e. The van der Waals surface area contributed by atoms with E-state index in [9.17, 15) is 4.79 Å².